The number of hydrogen-bond acceptors (Lipinski definition) is 5. The van der Waals surface area contributed by atoms with E-state index in [4.69, 9.17) is 0 Å². The maximum atomic E-state index is 14.1. The summed E-state index contributed by atoms with van der Waals surface area (Å²) in [4.78, 5) is 0.584. The summed E-state index contributed by atoms with van der Waals surface area (Å²) in [6.07, 6.45) is 0. The highest BCUT2D eigenvalue weighted by Crippen LogP contribution is 2.32. The van der Waals surface area contributed by atoms with Crippen LogP contribution in [0.15, 0.2) is 27.4 Å². The second kappa shape index (κ2) is 6.20. The van der Waals surface area contributed by atoms with E-state index in [1.54, 1.807) is 12.1 Å². The summed E-state index contributed by atoms with van der Waals surface area (Å²) < 4.78 is 14.8. The predicted octanol–water partition coefficient (Wildman–Crippen LogP) is 4.02. The molecular weight excluding hydrogens is 293 g/mol. The monoisotopic (exact) mass is 311 g/mol. The van der Waals surface area contributed by atoms with E-state index >= 15 is 0 Å². The lowest BCUT2D eigenvalue weighted by Crippen LogP contribution is -2.35. The SMILES string of the molecule is Cc1nnc(Sc2ccc(CNC(C)(C)C)cc2F)s1. The molecule has 20 heavy (non-hydrogen) atoms. The maximum Gasteiger partial charge on any atom is 0.179 e. The molecule has 0 fully saturated rings. The summed E-state index contributed by atoms with van der Waals surface area (Å²) in [5.74, 6) is -0.212. The average Bonchev–Trinajstić information content (AvgIpc) is 2.74. The Labute approximate surface area is 127 Å². The second-order valence-electron chi connectivity index (χ2n) is 5.56. The quantitative estimate of drug-likeness (QED) is 0.925. The smallest absolute Gasteiger partial charge is 0.179 e. The Morgan fingerprint density at radius 2 is 2.05 bits per heavy atom. The van der Waals surface area contributed by atoms with Crippen molar-refractivity contribution in [3.63, 3.8) is 0 Å². The third kappa shape index (κ3) is 4.54. The zero-order valence-corrected chi connectivity index (χ0v) is 13.7. The lowest BCUT2D eigenvalue weighted by molar-refractivity contribution is 0.423. The number of aromatic nitrogens is 2. The van der Waals surface area contributed by atoms with Crippen molar-refractivity contribution in [3.05, 3.63) is 34.6 Å². The Morgan fingerprint density at radius 1 is 1.30 bits per heavy atom. The Hall–Kier alpha value is -0.980. The van der Waals surface area contributed by atoms with Gasteiger partial charge < -0.3 is 5.32 Å². The Kier molecular flexibility index (Phi) is 4.78. The van der Waals surface area contributed by atoms with Gasteiger partial charge >= 0.3 is 0 Å². The number of nitrogens with one attached hydrogen (secondary N) is 1. The van der Waals surface area contributed by atoms with Gasteiger partial charge in [0.1, 0.15) is 10.8 Å². The number of hydrogen-bond donors (Lipinski definition) is 1. The zero-order valence-electron chi connectivity index (χ0n) is 12.0. The van der Waals surface area contributed by atoms with Gasteiger partial charge in [0.05, 0.1) is 4.90 Å². The van der Waals surface area contributed by atoms with Gasteiger partial charge in [0, 0.05) is 12.1 Å². The van der Waals surface area contributed by atoms with E-state index in [0.29, 0.717) is 11.4 Å². The molecule has 1 aromatic carbocycles. The number of aryl methyl sites for hydroxylation is 1. The van der Waals surface area contributed by atoms with Crippen LogP contribution in [-0.2, 0) is 6.54 Å². The minimum absolute atomic E-state index is 0.0218. The molecule has 0 saturated heterocycles. The molecule has 0 aliphatic rings. The van der Waals surface area contributed by atoms with Crippen LogP contribution in [-0.4, -0.2) is 15.7 Å². The molecule has 0 saturated carbocycles. The first-order valence-corrected chi connectivity index (χ1v) is 7.98. The van der Waals surface area contributed by atoms with Crippen LogP contribution in [0, 0.1) is 12.7 Å². The molecule has 6 heteroatoms. The maximum absolute atomic E-state index is 14.1. The Morgan fingerprint density at radius 3 is 2.60 bits per heavy atom. The molecule has 0 spiro atoms. The van der Waals surface area contributed by atoms with Crippen LogP contribution in [0.2, 0.25) is 0 Å². The van der Waals surface area contributed by atoms with Crippen molar-refractivity contribution in [3.8, 4) is 0 Å². The van der Waals surface area contributed by atoms with Gasteiger partial charge in [0.25, 0.3) is 0 Å². The van der Waals surface area contributed by atoms with E-state index in [0.717, 1.165) is 14.9 Å². The Bertz CT molecular complexity index is 590. The normalized spacial score (nSPS) is 11.8. The fourth-order valence-electron chi connectivity index (χ4n) is 1.52. The lowest BCUT2D eigenvalue weighted by atomic mass is 10.1. The lowest BCUT2D eigenvalue weighted by Gasteiger charge is -2.20. The van der Waals surface area contributed by atoms with Crippen LogP contribution < -0.4 is 5.32 Å². The summed E-state index contributed by atoms with van der Waals surface area (Å²) >= 11 is 2.79. The van der Waals surface area contributed by atoms with Crippen molar-refractivity contribution in [2.24, 2.45) is 0 Å². The van der Waals surface area contributed by atoms with E-state index in [1.807, 2.05) is 13.0 Å². The van der Waals surface area contributed by atoms with Crippen LogP contribution >= 0.6 is 23.1 Å². The standard InChI is InChI=1S/C14H18FN3S2/c1-9-17-18-13(19-9)20-12-6-5-10(7-11(12)15)8-16-14(2,3)4/h5-7,16H,8H2,1-4H3. The van der Waals surface area contributed by atoms with E-state index in [2.05, 4.69) is 36.3 Å². The van der Waals surface area contributed by atoms with E-state index in [9.17, 15) is 4.39 Å². The largest absolute Gasteiger partial charge is 0.308 e. The number of nitrogens with zero attached hydrogens (tertiary/aromatic N) is 2. The molecule has 0 aliphatic carbocycles. The van der Waals surface area contributed by atoms with E-state index < -0.39 is 0 Å². The molecule has 0 unspecified atom stereocenters. The first kappa shape index (κ1) is 15.4. The van der Waals surface area contributed by atoms with Gasteiger partial charge in [0.2, 0.25) is 0 Å². The minimum Gasteiger partial charge on any atom is -0.308 e. The summed E-state index contributed by atoms with van der Waals surface area (Å²) in [6.45, 7) is 8.81. The molecule has 108 valence electrons. The van der Waals surface area contributed by atoms with Gasteiger partial charge in [-0.15, -0.1) is 10.2 Å². The summed E-state index contributed by atoms with van der Waals surface area (Å²) in [6, 6.07) is 5.32. The van der Waals surface area contributed by atoms with Crippen molar-refractivity contribution in [1.29, 1.82) is 0 Å². The van der Waals surface area contributed by atoms with Crippen LogP contribution in [0.25, 0.3) is 0 Å². The number of benzene rings is 1. The highest BCUT2D eigenvalue weighted by atomic mass is 32.2. The summed E-state index contributed by atoms with van der Waals surface area (Å²) in [5, 5.41) is 12.2. The summed E-state index contributed by atoms with van der Waals surface area (Å²) in [7, 11) is 0. The number of halogens is 1. The second-order valence-corrected chi connectivity index (χ2v) is 8.03. The molecule has 1 heterocycles. The predicted molar refractivity (Wildman–Crippen MR) is 81.8 cm³/mol. The van der Waals surface area contributed by atoms with Gasteiger partial charge in [-0.3, -0.25) is 0 Å². The molecular formula is C14H18FN3S2. The third-order valence-electron chi connectivity index (χ3n) is 2.52. The van der Waals surface area contributed by atoms with Gasteiger partial charge in [-0.25, -0.2) is 4.39 Å². The zero-order chi connectivity index (χ0) is 14.8. The third-order valence-corrected chi connectivity index (χ3v) is 4.46. The summed E-state index contributed by atoms with van der Waals surface area (Å²) in [5.41, 5.74) is 0.962. The molecule has 1 aromatic heterocycles. The van der Waals surface area contributed by atoms with Crippen LogP contribution in [0.4, 0.5) is 4.39 Å². The van der Waals surface area contributed by atoms with E-state index in [-0.39, 0.29) is 11.4 Å². The van der Waals surface area contributed by atoms with Gasteiger partial charge in [-0.2, -0.15) is 0 Å². The molecule has 0 amide bonds. The topological polar surface area (TPSA) is 37.8 Å². The fraction of sp³-hybridized carbons (Fsp3) is 0.429. The van der Waals surface area contributed by atoms with Gasteiger partial charge in [-0.1, -0.05) is 29.2 Å². The van der Waals surface area contributed by atoms with Crippen molar-refractivity contribution in [2.75, 3.05) is 0 Å². The molecule has 3 nitrogen and oxygen atoms in total. The van der Waals surface area contributed by atoms with Gasteiger partial charge in [-0.05, 0) is 45.4 Å². The molecule has 2 rings (SSSR count). The van der Waals surface area contributed by atoms with Crippen LogP contribution in [0.5, 0.6) is 0 Å². The fourth-order valence-corrected chi connectivity index (χ4v) is 3.29. The first-order chi connectivity index (χ1) is 9.33. The molecule has 1 N–H and O–H groups in total. The average molecular weight is 311 g/mol. The highest BCUT2D eigenvalue weighted by molar-refractivity contribution is 8.01. The van der Waals surface area contributed by atoms with Crippen molar-refractivity contribution in [1.82, 2.24) is 15.5 Å². The van der Waals surface area contributed by atoms with Gasteiger partial charge in [0.15, 0.2) is 4.34 Å². The molecule has 0 aliphatic heterocycles. The minimum atomic E-state index is -0.212. The van der Waals surface area contributed by atoms with Crippen molar-refractivity contribution < 1.29 is 4.39 Å². The Balaban J connectivity index is 2.06. The van der Waals surface area contributed by atoms with Crippen molar-refractivity contribution in [2.45, 2.75) is 49.0 Å². The van der Waals surface area contributed by atoms with Crippen LogP contribution in [0.3, 0.4) is 0 Å². The van der Waals surface area contributed by atoms with E-state index in [1.165, 1.54) is 23.1 Å². The van der Waals surface area contributed by atoms with Crippen molar-refractivity contribution >= 4 is 23.1 Å². The van der Waals surface area contributed by atoms with Crippen LogP contribution in [0.1, 0.15) is 31.3 Å². The highest BCUT2D eigenvalue weighted by Gasteiger charge is 2.11. The molecule has 0 radical (unpaired) electrons. The number of rotatable bonds is 4. The first-order valence-electron chi connectivity index (χ1n) is 6.35. The molecule has 2 aromatic rings. The molecule has 0 bridgehead atoms. The molecule has 0 atom stereocenters.